The van der Waals surface area contributed by atoms with Crippen LogP contribution in [0, 0.1) is 0 Å². The predicted molar refractivity (Wildman–Crippen MR) is 64.1 cm³/mol. The summed E-state index contributed by atoms with van der Waals surface area (Å²) in [6.07, 6.45) is 0.514. The van der Waals surface area contributed by atoms with Gasteiger partial charge < -0.3 is 14.9 Å². The first-order chi connectivity index (χ1) is 6.63. The van der Waals surface area contributed by atoms with E-state index in [9.17, 15) is 9.90 Å². The third-order valence-electron chi connectivity index (χ3n) is 1.87. The summed E-state index contributed by atoms with van der Waals surface area (Å²) >= 11 is 0. The van der Waals surface area contributed by atoms with Gasteiger partial charge in [0, 0.05) is 6.42 Å². The minimum Gasteiger partial charge on any atom is -0.504 e. The first-order valence-corrected chi connectivity index (χ1v) is 4.21. The lowest BCUT2D eigenvalue weighted by molar-refractivity contribution is -0.136. The Morgan fingerprint density at radius 1 is 1.38 bits per heavy atom. The molecule has 4 nitrogen and oxygen atoms in total. The van der Waals surface area contributed by atoms with Crippen molar-refractivity contribution >= 4 is 5.97 Å². The van der Waals surface area contributed by atoms with E-state index < -0.39 is 5.97 Å². The predicted octanol–water partition coefficient (Wildman–Crippen LogP) is 2.69. The van der Waals surface area contributed by atoms with E-state index in [2.05, 4.69) is 0 Å². The first kappa shape index (κ1) is 16.7. The van der Waals surface area contributed by atoms with Crippen LogP contribution in [-0.4, -0.2) is 23.3 Å². The molecule has 0 heterocycles. The molecule has 16 heavy (non-hydrogen) atoms. The molecule has 2 N–H and O–H groups in total. The lowest BCUT2D eigenvalue weighted by atomic mass is 10.1. The molecule has 0 saturated carbocycles. The Morgan fingerprint density at radius 3 is 2.50 bits per heavy atom. The normalized spacial score (nSPS) is 8.56. The number of hydrogen-bond acceptors (Lipinski definition) is 3. The topological polar surface area (TPSA) is 66.8 Å². The number of methoxy groups -OCH3 is 1. The van der Waals surface area contributed by atoms with Crippen LogP contribution in [0.3, 0.4) is 0 Å². The van der Waals surface area contributed by atoms with E-state index in [0.29, 0.717) is 12.2 Å². The maximum atomic E-state index is 10.3. The molecule has 0 aliphatic rings. The quantitative estimate of drug-likeness (QED) is 0.831. The van der Waals surface area contributed by atoms with Crippen molar-refractivity contribution < 1.29 is 19.7 Å². The molecule has 0 atom stereocenters. The van der Waals surface area contributed by atoms with E-state index in [1.54, 1.807) is 12.1 Å². The van der Waals surface area contributed by atoms with E-state index in [1.807, 2.05) is 0 Å². The lowest BCUT2D eigenvalue weighted by Crippen LogP contribution is -1.97. The number of phenolic OH excluding ortho intramolecular Hbond substituents is 1. The van der Waals surface area contributed by atoms with Crippen LogP contribution in [0.2, 0.25) is 0 Å². The Bertz CT molecular complexity index is 334. The highest BCUT2D eigenvalue weighted by Crippen LogP contribution is 2.26. The van der Waals surface area contributed by atoms with Crippen molar-refractivity contribution in [3.8, 4) is 11.5 Å². The van der Waals surface area contributed by atoms with E-state index in [4.69, 9.17) is 9.84 Å². The zero-order valence-electron chi connectivity index (χ0n) is 7.86. The average Bonchev–Trinajstić information content (AvgIpc) is 2.16. The van der Waals surface area contributed by atoms with Crippen LogP contribution in [0.1, 0.15) is 26.8 Å². The number of carboxylic acids is 1. The summed E-state index contributed by atoms with van der Waals surface area (Å²) in [5.74, 6) is -0.406. The van der Waals surface area contributed by atoms with Gasteiger partial charge >= 0.3 is 5.97 Å². The SMILES string of the molecule is C.C.COc1cc(CCC(=O)O)ccc1O. The molecular formula is C12H20O4. The van der Waals surface area contributed by atoms with Crippen LogP contribution >= 0.6 is 0 Å². The molecule has 0 bridgehead atoms. The van der Waals surface area contributed by atoms with Crippen LogP contribution in [0.25, 0.3) is 0 Å². The van der Waals surface area contributed by atoms with Crippen molar-refractivity contribution in [3.05, 3.63) is 23.8 Å². The van der Waals surface area contributed by atoms with Crippen molar-refractivity contribution in [3.63, 3.8) is 0 Å². The van der Waals surface area contributed by atoms with E-state index >= 15 is 0 Å². The molecule has 0 amide bonds. The summed E-state index contributed by atoms with van der Waals surface area (Å²) < 4.78 is 4.90. The summed E-state index contributed by atoms with van der Waals surface area (Å²) in [6.45, 7) is 0. The number of carboxylic acid groups (broad SMARTS) is 1. The van der Waals surface area contributed by atoms with E-state index in [1.165, 1.54) is 13.2 Å². The minimum absolute atomic E-state index is 0. The molecule has 0 radical (unpaired) electrons. The molecule has 0 spiro atoms. The van der Waals surface area contributed by atoms with Crippen LogP contribution < -0.4 is 4.74 Å². The third kappa shape index (κ3) is 4.68. The van der Waals surface area contributed by atoms with Gasteiger partial charge in [-0.15, -0.1) is 0 Å². The van der Waals surface area contributed by atoms with Crippen LogP contribution in [0.5, 0.6) is 11.5 Å². The molecule has 0 aliphatic heterocycles. The van der Waals surface area contributed by atoms with Gasteiger partial charge in [0.15, 0.2) is 11.5 Å². The van der Waals surface area contributed by atoms with Crippen LogP contribution in [-0.2, 0) is 11.2 Å². The summed E-state index contributed by atoms with van der Waals surface area (Å²) in [6, 6.07) is 4.81. The second kappa shape index (κ2) is 7.56. The molecule has 92 valence electrons. The van der Waals surface area contributed by atoms with Gasteiger partial charge in [0.2, 0.25) is 0 Å². The molecule has 0 aliphatic carbocycles. The highest BCUT2D eigenvalue weighted by Gasteiger charge is 2.04. The fourth-order valence-electron chi connectivity index (χ4n) is 1.13. The number of carbonyl (C=O) groups is 1. The molecular weight excluding hydrogens is 208 g/mol. The molecule has 0 saturated heterocycles. The van der Waals surface area contributed by atoms with Crippen molar-refractivity contribution in [1.82, 2.24) is 0 Å². The molecule has 0 fully saturated rings. The summed E-state index contributed by atoms with van der Waals surface area (Å²) in [7, 11) is 1.45. The smallest absolute Gasteiger partial charge is 0.303 e. The van der Waals surface area contributed by atoms with Gasteiger partial charge in [-0.25, -0.2) is 0 Å². The lowest BCUT2D eigenvalue weighted by Gasteiger charge is -2.05. The van der Waals surface area contributed by atoms with Crippen molar-refractivity contribution in [1.29, 1.82) is 0 Å². The molecule has 1 aromatic rings. The number of aryl methyl sites for hydroxylation is 1. The Labute approximate surface area is 96.5 Å². The second-order valence-corrected chi connectivity index (χ2v) is 2.90. The first-order valence-electron chi connectivity index (χ1n) is 4.21. The van der Waals surface area contributed by atoms with Crippen molar-refractivity contribution in [2.24, 2.45) is 0 Å². The van der Waals surface area contributed by atoms with Gasteiger partial charge in [-0.2, -0.15) is 0 Å². The number of rotatable bonds is 4. The Balaban J connectivity index is 0. The van der Waals surface area contributed by atoms with Crippen LogP contribution in [0.4, 0.5) is 0 Å². The summed E-state index contributed by atoms with van der Waals surface area (Å²) in [5, 5.41) is 17.7. The number of aliphatic carboxylic acids is 1. The maximum Gasteiger partial charge on any atom is 0.303 e. The molecule has 1 rings (SSSR count). The van der Waals surface area contributed by atoms with Gasteiger partial charge in [-0.05, 0) is 24.1 Å². The molecule has 1 aromatic carbocycles. The number of phenols is 1. The zero-order valence-corrected chi connectivity index (χ0v) is 7.86. The van der Waals surface area contributed by atoms with Crippen molar-refractivity contribution in [2.75, 3.05) is 7.11 Å². The number of ether oxygens (including phenoxy) is 1. The fourth-order valence-corrected chi connectivity index (χ4v) is 1.13. The zero-order chi connectivity index (χ0) is 10.6. The number of hydrogen-bond donors (Lipinski definition) is 2. The monoisotopic (exact) mass is 228 g/mol. The van der Waals surface area contributed by atoms with Crippen LogP contribution in [0.15, 0.2) is 18.2 Å². The van der Waals surface area contributed by atoms with Gasteiger partial charge in [-0.3, -0.25) is 4.79 Å². The minimum atomic E-state index is -0.836. The second-order valence-electron chi connectivity index (χ2n) is 2.90. The summed E-state index contributed by atoms with van der Waals surface area (Å²) in [5.41, 5.74) is 0.835. The highest BCUT2D eigenvalue weighted by atomic mass is 16.5. The van der Waals surface area contributed by atoms with Gasteiger partial charge in [0.1, 0.15) is 0 Å². The average molecular weight is 228 g/mol. The van der Waals surface area contributed by atoms with Crippen molar-refractivity contribution in [2.45, 2.75) is 27.7 Å². The Morgan fingerprint density at radius 2 is 2.00 bits per heavy atom. The van der Waals surface area contributed by atoms with E-state index in [-0.39, 0.29) is 27.0 Å². The highest BCUT2D eigenvalue weighted by molar-refractivity contribution is 5.67. The van der Waals surface area contributed by atoms with E-state index in [0.717, 1.165) is 5.56 Å². The molecule has 4 heteroatoms. The van der Waals surface area contributed by atoms with Gasteiger partial charge in [-0.1, -0.05) is 20.9 Å². The molecule has 0 unspecified atom stereocenters. The Kier molecular flexibility index (Phi) is 7.90. The fraction of sp³-hybridized carbons (Fsp3) is 0.417. The largest absolute Gasteiger partial charge is 0.504 e. The third-order valence-corrected chi connectivity index (χ3v) is 1.87. The maximum absolute atomic E-state index is 10.3. The Hall–Kier alpha value is -1.71. The number of aromatic hydroxyl groups is 1. The van der Waals surface area contributed by atoms with Gasteiger partial charge in [0.05, 0.1) is 7.11 Å². The molecule has 0 aromatic heterocycles. The number of benzene rings is 1. The van der Waals surface area contributed by atoms with Gasteiger partial charge in [0.25, 0.3) is 0 Å². The standard InChI is InChI=1S/C10H12O4.2CH4/c1-14-9-6-7(2-4-8(9)11)3-5-10(12)13;;/h2,4,6,11H,3,5H2,1H3,(H,12,13);2*1H4. The summed E-state index contributed by atoms with van der Waals surface area (Å²) in [4.78, 5) is 10.3.